The number of nitrogen functional groups attached to an aromatic ring is 2. The average Bonchev–Trinajstić information content (AvgIpc) is 2.09. The van der Waals surface area contributed by atoms with Gasteiger partial charge in [0.15, 0.2) is 5.82 Å². The standard InChI is InChI=1S/C7H9F2N3O/c1-13-4-2-3(6(8)9)5(10)7(11)12-4/h2,6H,10H2,1H3,(H2,11,12). The zero-order chi connectivity index (χ0) is 10.0. The maximum atomic E-state index is 12.3. The van der Waals surface area contributed by atoms with E-state index in [1.807, 2.05) is 0 Å². The number of nitrogens with zero attached hydrogens (tertiary/aromatic N) is 1. The van der Waals surface area contributed by atoms with Gasteiger partial charge in [-0.1, -0.05) is 0 Å². The zero-order valence-corrected chi connectivity index (χ0v) is 6.92. The fourth-order valence-electron chi connectivity index (χ4n) is 0.855. The van der Waals surface area contributed by atoms with E-state index in [0.717, 1.165) is 6.07 Å². The average molecular weight is 189 g/mol. The molecule has 13 heavy (non-hydrogen) atoms. The molecular weight excluding hydrogens is 180 g/mol. The minimum Gasteiger partial charge on any atom is -0.481 e. The molecule has 0 amide bonds. The molecule has 0 aromatic carbocycles. The van der Waals surface area contributed by atoms with Crippen LogP contribution >= 0.6 is 0 Å². The van der Waals surface area contributed by atoms with Gasteiger partial charge >= 0.3 is 0 Å². The van der Waals surface area contributed by atoms with Crippen LogP contribution in [0.4, 0.5) is 20.3 Å². The Balaban J connectivity index is 3.25. The molecule has 0 aliphatic rings. The monoisotopic (exact) mass is 189 g/mol. The topological polar surface area (TPSA) is 74.2 Å². The SMILES string of the molecule is COc1cc(C(F)F)c(N)c(N)n1. The third-order valence-corrected chi connectivity index (χ3v) is 1.54. The van der Waals surface area contributed by atoms with Crippen molar-refractivity contribution < 1.29 is 13.5 Å². The van der Waals surface area contributed by atoms with Gasteiger partial charge in [-0.05, 0) is 0 Å². The number of pyridine rings is 1. The van der Waals surface area contributed by atoms with Crippen molar-refractivity contribution in [1.82, 2.24) is 4.98 Å². The third kappa shape index (κ3) is 1.77. The van der Waals surface area contributed by atoms with Crippen LogP contribution in [0.3, 0.4) is 0 Å². The van der Waals surface area contributed by atoms with E-state index in [0.29, 0.717) is 0 Å². The first-order valence-corrected chi connectivity index (χ1v) is 3.44. The molecule has 0 aliphatic carbocycles. The van der Waals surface area contributed by atoms with Crippen LogP contribution in [0.15, 0.2) is 6.07 Å². The lowest BCUT2D eigenvalue weighted by molar-refractivity contribution is 0.151. The zero-order valence-electron chi connectivity index (χ0n) is 6.92. The van der Waals surface area contributed by atoms with Gasteiger partial charge in [-0.15, -0.1) is 0 Å². The predicted molar refractivity (Wildman–Crippen MR) is 44.6 cm³/mol. The molecule has 4 N–H and O–H groups in total. The summed E-state index contributed by atoms with van der Waals surface area (Å²) < 4.78 is 29.3. The summed E-state index contributed by atoms with van der Waals surface area (Å²) >= 11 is 0. The molecule has 1 heterocycles. The van der Waals surface area contributed by atoms with Crippen LogP contribution in [0, 0.1) is 0 Å². The number of halogens is 2. The Labute approximate surface area is 73.5 Å². The molecule has 6 heteroatoms. The molecule has 0 spiro atoms. The smallest absolute Gasteiger partial charge is 0.266 e. The van der Waals surface area contributed by atoms with Crippen LogP contribution in [0.1, 0.15) is 12.0 Å². The highest BCUT2D eigenvalue weighted by Crippen LogP contribution is 2.30. The number of hydrogen-bond donors (Lipinski definition) is 2. The van der Waals surface area contributed by atoms with Gasteiger partial charge in [0.1, 0.15) is 0 Å². The van der Waals surface area contributed by atoms with Gasteiger partial charge in [-0.3, -0.25) is 0 Å². The van der Waals surface area contributed by atoms with Crippen molar-refractivity contribution in [3.8, 4) is 5.88 Å². The van der Waals surface area contributed by atoms with Crippen LogP contribution in [0.2, 0.25) is 0 Å². The number of anilines is 2. The summed E-state index contributed by atoms with van der Waals surface area (Å²) in [4.78, 5) is 3.63. The molecule has 0 unspecified atom stereocenters. The van der Waals surface area contributed by atoms with E-state index in [-0.39, 0.29) is 22.9 Å². The number of hydrogen-bond acceptors (Lipinski definition) is 4. The van der Waals surface area contributed by atoms with Gasteiger partial charge < -0.3 is 16.2 Å². The fourth-order valence-corrected chi connectivity index (χ4v) is 0.855. The first-order chi connectivity index (χ1) is 6.06. The van der Waals surface area contributed by atoms with Crippen LogP contribution in [0.5, 0.6) is 5.88 Å². The molecule has 4 nitrogen and oxygen atoms in total. The highest BCUT2D eigenvalue weighted by molar-refractivity contribution is 5.64. The van der Waals surface area contributed by atoms with Gasteiger partial charge in [-0.25, -0.2) is 8.78 Å². The van der Waals surface area contributed by atoms with E-state index in [1.165, 1.54) is 7.11 Å². The van der Waals surface area contributed by atoms with E-state index in [9.17, 15) is 8.78 Å². The summed E-state index contributed by atoms with van der Waals surface area (Å²) in [5.74, 6) is -0.114. The maximum absolute atomic E-state index is 12.3. The van der Waals surface area contributed by atoms with Crippen LogP contribution in [0.25, 0.3) is 0 Å². The number of alkyl halides is 2. The van der Waals surface area contributed by atoms with Gasteiger partial charge in [0.25, 0.3) is 6.43 Å². The van der Waals surface area contributed by atoms with Crippen LogP contribution in [-0.2, 0) is 0 Å². The molecule has 72 valence electrons. The molecule has 1 aromatic rings. The lowest BCUT2D eigenvalue weighted by Crippen LogP contribution is -2.04. The Bertz CT molecular complexity index is 317. The molecule has 0 aliphatic heterocycles. The minimum atomic E-state index is -2.68. The third-order valence-electron chi connectivity index (χ3n) is 1.54. The summed E-state index contributed by atoms with van der Waals surface area (Å²) in [6.45, 7) is 0. The predicted octanol–water partition coefficient (Wildman–Crippen LogP) is 1.19. The van der Waals surface area contributed by atoms with Crippen molar-refractivity contribution >= 4 is 11.5 Å². The highest BCUT2D eigenvalue weighted by Gasteiger charge is 2.15. The number of ether oxygens (including phenoxy) is 1. The van der Waals surface area contributed by atoms with Crippen molar-refractivity contribution in [2.24, 2.45) is 0 Å². The number of nitrogens with two attached hydrogens (primary N) is 2. The van der Waals surface area contributed by atoms with Crippen LogP contribution < -0.4 is 16.2 Å². The second-order valence-electron chi connectivity index (χ2n) is 2.35. The molecule has 0 radical (unpaired) electrons. The van der Waals surface area contributed by atoms with E-state index in [4.69, 9.17) is 11.5 Å². The Hall–Kier alpha value is -1.59. The quantitative estimate of drug-likeness (QED) is 0.732. The first kappa shape index (κ1) is 9.50. The molecule has 1 rings (SSSR count). The number of rotatable bonds is 2. The first-order valence-electron chi connectivity index (χ1n) is 3.44. The number of methoxy groups -OCH3 is 1. The molecule has 1 aromatic heterocycles. The summed E-state index contributed by atoms with van der Waals surface area (Å²) in [6.07, 6.45) is -2.68. The number of aromatic nitrogens is 1. The molecule has 0 fully saturated rings. The van der Waals surface area contributed by atoms with E-state index < -0.39 is 6.43 Å². The second-order valence-corrected chi connectivity index (χ2v) is 2.35. The van der Waals surface area contributed by atoms with E-state index in [2.05, 4.69) is 9.72 Å². The second kappa shape index (κ2) is 3.42. The minimum absolute atomic E-state index is 0.0296. The fraction of sp³-hybridized carbons (Fsp3) is 0.286. The van der Waals surface area contributed by atoms with Gasteiger partial charge in [0, 0.05) is 11.6 Å². The van der Waals surface area contributed by atoms with Crippen molar-refractivity contribution in [3.05, 3.63) is 11.6 Å². The van der Waals surface area contributed by atoms with Gasteiger partial charge in [0.05, 0.1) is 12.8 Å². The summed E-state index contributed by atoms with van der Waals surface area (Å²) in [7, 11) is 1.31. The van der Waals surface area contributed by atoms with E-state index >= 15 is 0 Å². The van der Waals surface area contributed by atoms with Crippen molar-refractivity contribution in [1.29, 1.82) is 0 Å². The van der Waals surface area contributed by atoms with Gasteiger partial charge in [0.2, 0.25) is 5.88 Å². The Morgan fingerprint density at radius 2 is 2.08 bits per heavy atom. The van der Waals surface area contributed by atoms with Crippen molar-refractivity contribution in [3.63, 3.8) is 0 Å². The van der Waals surface area contributed by atoms with E-state index in [1.54, 1.807) is 0 Å². The Kier molecular flexibility index (Phi) is 2.50. The van der Waals surface area contributed by atoms with Crippen molar-refractivity contribution in [2.75, 3.05) is 18.6 Å². The lowest BCUT2D eigenvalue weighted by Gasteiger charge is -2.08. The van der Waals surface area contributed by atoms with Crippen LogP contribution in [-0.4, -0.2) is 12.1 Å². The largest absolute Gasteiger partial charge is 0.481 e. The normalized spacial score (nSPS) is 10.5. The molecule has 0 saturated heterocycles. The molecule has 0 saturated carbocycles. The Morgan fingerprint density at radius 1 is 1.46 bits per heavy atom. The molecule has 0 bridgehead atoms. The highest BCUT2D eigenvalue weighted by atomic mass is 19.3. The molecular formula is C7H9F2N3O. The Morgan fingerprint density at radius 3 is 2.54 bits per heavy atom. The maximum Gasteiger partial charge on any atom is 0.266 e. The van der Waals surface area contributed by atoms with Crippen molar-refractivity contribution in [2.45, 2.75) is 6.43 Å². The summed E-state index contributed by atoms with van der Waals surface area (Å²) in [5, 5.41) is 0. The summed E-state index contributed by atoms with van der Waals surface area (Å²) in [6, 6.07) is 1.07. The molecule has 0 atom stereocenters. The van der Waals surface area contributed by atoms with Gasteiger partial charge in [-0.2, -0.15) is 4.98 Å². The lowest BCUT2D eigenvalue weighted by atomic mass is 10.2. The summed E-state index contributed by atoms with van der Waals surface area (Å²) in [5.41, 5.74) is 10.0.